The number of ether oxygens (including phenoxy) is 1. The molecule has 1 aromatic rings. The Morgan fingerprint density at radius 1 is 1.56 bits per heavy atom. The molecule has 0 aliphatic rings. The van der Waals surface area contributed by atoms with Gasteiger partial charge in [0.25, 0.3) is 5.69 Å². The van der Waals surface area contributed by atoms with Gasteiger partial charge >= 0.3 is 5.97 Å². The van der Waals surface area contributed by atoms with Crippen LogP contribution in [-0.4, -0.2) is 23.8 Å². The Morgan fingerprint density at radius 3 is 2.75 bits per heavy atom. The zero-order valence-corrected chi connectivity index (χ0v) is 8.50. The summed E-state index contributed by atoms with van der Waals surface area (Å²) < 4.78 is 4.66. The molecule has 0 radical (unpaired) electrons. The summed E-state index contributed by atoms with van der Waals surface area (Å²) in [4.78, 5) is 32.0. The van der Waals surface area contributed by atoms with Crippen molar-refractivity contribution in [1.29, 1.82) is 0 Å². The van der Waals surface area contributed by atoms with E-state index in [4.69, 9.17) is 0 Å². The molecule has 1 rings (SSSR count). The number of benzene rings is 1. The predicted molar refractivity (Wildman–Crippen MR) is 54.4 cm³/mol. The zero-order valence-electron chi connectivity index (χ0n) is 8.50. The van der Waals surface area contributed by atoms with Crippen LogP contribution in [0.5, 0.6) is 0 Å². The predicted octanol–water partition coefficient (Wildman–Crippen LogP) is 1.58. The lowest BCUT2D eigenvalue weighted by atomic mass is 10.1. The molecule has 0 bridgehead atoms. The minimum atomic E-state index is -0.807. The van der Waals surface area contributed by atoms with Crippen LogP contribution in [0.4, 0.5) is 5.69 Å². The van der Waals surface area contributed by atoms with Gasteiger partial charge in [0.1, 0.15) is 5.56 Å². The molecule has 0 N–H and O–H groups in total. The van der Waals surface area contributed by atoms with Crippen LogP contribution in [0.2, 0.25) is 0 Å². The molecule has 0 aliphatic heterocycles. The van der Waals surface area contributed by atoms with E-state index >= 15 is 0 Å². The number of nitro benzene ring substituents is 1. The maximum atomic E-state index is 11.4. The van der Waals surface area contributed by atoms with Crippen LogP contribution < -0.4 is 0 Å². The first-order valence-corrected chi connectivity index (χ1v) is 4.51. The Labute approximate surface area is 91.0 Å². The van der Waals surface area contributed by atoms with E-state index in [0.29, 0.717) is 6.29 Å². The van der Waals surface area contributed by atoms with Gasteiger partial charge in [-0.05, 0) is 19.1 Å². The highest BCUT2D eigenvalue weighted by Gasteiger charge is 2.24. The van der Waals surface area contributed by atoms with Crippen molar-refractivity contribution in [3.63, 3.8) is 0 Å². The highest BCUT2D eigenvalue weighted by Crippen LogP contribution is 2.23. The topological polar surface area (TPSA) is 86.5 Å². The van der Waals surface area contributed by atoms with E-state index in [1.54, 1.807) is 6.92 Å². The number of rotatable bonds is 4. The molecule has 0 amide bonds. The first-order valence-electron chi connectivity index (χ1n) is 4.51. The van der Waals surface area contributed by atoms with Crippen molar-refractivity contribution in [2.24, 2.45) is 0 Å². The first kappa shape index (κ1) is 11.8. The standard InChI is InChI=1S/C10H9NO5/c1-2-16-10(13)8-5-3-4-7(6-12)9(8)11(14)15/h3-6H,2H2,1H3. The molecule has 0 spiro atoms. The summed E-state index contributed by atoms with van der Waals surface area (Å²) in [6, 6.07) is 3.92. The fourth-order valence-corrected chi connectivity index (χ4v) is 1.23. The molecule has 84 valence electrons. The van der Waals surface area contributed by atoms with Crippen LogP contribution in [0.15, 0.2) is 18.2 Å². The number of nitro groups is 1. The van der Waals surface area contributed by atoms with Gasteiger partial charge in [0.05, 0.1) is 17.1 Å². The number of nitrogens with zero attached hydrogens (tertiary/aromatic N) is 1. The summed E-state index contributed by atoms with van der Waals surface area (Å²) in [5.41, 5.74) is -0.872. The SMILES string of the molecule is CCOC(=O)c1cccc(C=O)c1[N+](=O)[O-]. The Kier molecular flexibility index (Phi) is 3.71. The van der Waals surface area contributed by atoms with Gasteiger partial charge in [-0.3, -0.25) is 14.9 Å². The van der Waals surface area contributed by atoms with Gasteiger partial charge in [-0.1, -0.05) is 6.07 Å². The van der Waals surface area contributed by atoms with Crippen LogP contribution in [0.1, 0.15) is 27.6 Å². The minimum absolute atomic E-state index is 0.112. The van der Waals surface area contributed by atoms with Gasteiger partial charge in [0, 0.05) is 0 Å². The van der Waals surface area contributed by atoms with Gasteiger partial charge in [-0.2, -0.15) is 0 Å². The second-order valence-electron chi connectivity index (χ2n) is 2.84. The van der Waals surface area contributed by atoms with E-state index in [1.165, 1.54) is 18.2 Å². The van der Waals surface area contributed by atoms with Crippen molar-refractivity contribution in [3.05, 3.63) is 39.4 Å². The third kappa shape index (κ3) is 2.22. The van der Waals surface area contributed by atoms with Crippen molar-refractivity contribution in [2.45, 2.75) is 6.92 Å². The van der Waals surface area contributed by atoms with Gasteiger partial charge < -0.3 is 4.74 Å². The lowest BCUT2D eigenvalue weighted by molar-refractivity contribution is -0.385. The van der Waals surface area contributed by atoms with Gasteiger partial charge in [-0.15, -0.1) is 0 Å². The summed E-state index contributed by atoms with van der Waals surface area (Å²) in [5, 5.41) is 10.7. The zero-order chi connectivity index (χ0) is 12.1. The third-order valence-electron chi connectivity index (χ3n) is 1.87. The number of carbonyl (C=O) groups excluding carboxylic acids is 2. The number of para-hydroxylation sites is 1. The molecule has 0 aromatic heterocycles. The number of hydrogen-bond donors (Lipinski definition) is 0. The largest absolute Gasteiger partial charge is 0.462 e. The maximum Gasteiger partial charge on any atom is 0.345 e. The molecule has 16 heavy (non-hydrogen) atoms. The van der Waals surface area contributed by atoms with Gasteiger partial charge in [0.15, 0.2) is 6.29 Å². The van der Waals surface area contributed by atoms with Gasteiger partial charge in [0.2, 0.25) is 0 Å². The molecular weight excluding hydrogens is 214 g/mol. The van der Waals surface area contributed by atoms with Crippen molar-refractivity contribution in [3.8, 4) is 0 Å². The Hall–Kier alpha value is -2.24. The van der Waals surface area contributed by atoms with E-state index in [1.807, 2.05) is 0 Å². The van der Waals surface area contributed by atoms with Crippen LogP contribution in [0, 0.1) is 10.1 Å². The Morgan fingerprint density at radius 2 is 2.25 bits per heavy atom. The number of aldehydes is 1. The van der Waals surface area contributed by atoms with E-state index < -0.39 is 16.6 Å². The van der Waals surface area contributed by atoms with E-state index in [0.717, 1.165) is 0 Å². The van der Waals surface area contributed by atoms with Crippen molar-refractivity contribution in [1.82, 2.24) is 0 Å². The van der Waals surface area contributed by atoms with E-state index in [2.05, 4.69) is 4.74 Å². The average Bonchev–Trinajstić information content (AvgIpc) is 2.28. The highest BCUT2D eigenvalue weighted by molar-refractivity contribution is 5.98. The summed E-state index contributed by atoms with van der Waals surface area (Å²) >= 11 is 0. The molecule has 6 nitrogen and oxygen atoms in total. The van der Waals surface area contributed by atoms with Crippen LogP contribution in [0.25, 0.3) is 0 Å². The highest BCUT2D eigenvalue weighted by atomic mass is 16.6. The molecule has 0 unspecified atom stereocenters. The second-order valence-corrected chi connectivity index (χ2v) is 2.84. The fourth-order valence-electron chi connectivity index (χ4n) is 1.23. The summed E-state index contributed by atoms with van der Waals surface area (Å²) in [6.07, 6.45) is 0.334. The van der Waals surface area contributed by atoms with Crippen molar-refractivity contribution in [2.75, 3.05) is 6.61 Å². The van der Waals surface area contributed by atoms with Crippen LogP contribution >= 0.6 is 0 Å². The minimum Gasteiger partial charge on any atom is -0.462 e. The monoisotopic (exact) mass is 223 g/mol. The molecule has 0 saturated heterocycles. The summed E-state index contributed by atoms with van der Waals surface area (Å²) in [7, 11) is 0. The lowest BCUT2D eigenvalue weighted by Gasteiger charge is -2.03. The van der Waals surface area contributed by atoms with Crippen LogP contribution in [-0.2, 0) is 4.74 Å². The van der Waals surface area contributed by atoms with Crippen LogP contribution in [0.3, 0.4) is 0 Å². The smallest absolute Gasteiger partial charge is 0.345 e. The molecule has 6 heteroatoms. The molecule has 0 fully saturated rings. The maximum absolute atomic E-state index is 11.4. The average molecular weight is 223 g/mol. The van der Waals surface area contributed by atoms with Crippen molar-refractivity contribution >= 4 is 17.9 Å². The molecule has 1 aromatic carbocycles. The number of hydrogen-bond acceptors (Lipinski definition) is 5. The molecular formula is C10H9NO5. The van der Waals surface area contributed by atoms with E-state index in [-0.39, 0.29) is 17.7 Å². The van der Waals surface area contributed by atoms with Gasteiger partial charge in [-0.25, -0.2) is 4.79 Å². The normalized spacial score (nSPS) is 9.56. The summed E-state index contributed by atoms with van der Waals surface area (Å²) in [6.45, 7) is 1.70. The third-order valence-corrected chi connectivity index (χ3v) is 1.87. The van der Waals surface area contributed by atoms with E-state index in [9.17, 15) is 19.7 Å². The second kappa shape index (κ2) is 5.01. The molecule has 0 heterocycles. The molecule has 0 saturated carbocycles. The van der Waals surface area contributed by atoms with Crippen molar-refractivity contribution < 1.29 is 19.2 Å². The number of carbonyl (C=O) groups is 2. The fraction of sp³-hybridized carbons (Fsp3) is 0.200. The molecule has 0 aliphatic carbocycles. The quantitative estimate of drug-likeness (QED) is 0.334. The first-order chi connectivity index (χ1) is 7.61. The molecule has 0 atom stereocenters. The number of esters is 1. The summed E-state index contributed by atoms with van der Waals surface area (Å²) in [5.74, 6) is -0.807. The Balaban J connectivity index is 3.32. The lowest BCUT2D eigenvalue weighted by Crippen LogP contribution is -2.09. The Bertz CT molecular complexity index is 441.